The molecule has 0 heterocycles. The summed E-state index contributed by atoms with van der Waals surface area (Å²) in [7, 11) is -2.53. The van der Waals surface area contributed by atoms with Crippen LogP contribution in [-0.2, 0) is 14.8 Å². The molecular weight excluding hydrogens is 186 g/mol. The van der Waals surface area contributed by atoms with Crippen LogP contribution in [0.3, 0.4) is 0 Å². The molecule has 0 aromatic rings. The number of hydrogen-bond acceptors (Lipinski definition) is 4. The van der Waals surface area contributed by atoms with E-state index < -0.39 is 21.7 Å². The van der Waals surface area contributed by atoms with Crippen molar-refractivity contribution >= 4 is 16.0 Å². The van der Waals surface area contributed by atoms with Gasteiger partial charge in [-0.25, -0.2) is 12.7 Å². The van der Waals surface area contributed by atoms with E-state index in [1.54, 1.807) is 0 Å². The number of carbonyl (C=O) groups is 1. The molecule has 0 saturated carbocycles. The number of carboxylic acids is 1. The molecule has 0 aromatic heterocycles. The van der Waals surface area contributed by atoms with Gasteiger partial charge in [0.15, 0.2) is 5.75 Å². The lowest BCUT2D eigenvalue weighted by atomic mass is 10.7. The third-order valence-corrected chi connectivity index (χ3v) is 2.94. The first-order chi connectivity index (χ1) is 5.40. The largest absolute Gasteiger partial charge is 0.480 e. The van der Waals surface area contributed by atoms with Gasteiger partial charge in [0.2, 0.25) is 10.0 Å². The molecule has 0 amide bonds. The Labute approximate surface area is 70.5 Å². The van der Waals surface area contributed by atoms with Crippen LogP contribution in [0.2, 0.25) is 0 Å². The average Bonchev–Trinajstić information content (AvgIpc) is 1.85. The van der Waals surface area contributed by atoms with E-state index in [-0.39, 0.29) is 13.2 Å². The van der Waals surface area contributed by atoms with E-state index in [1.165, 1.54) is 7.05 Å². The van der Waals surface area contributed by atoms with E-state index in [2.05, 4.69) is 0 Å². The van der Waals surface area contributed by atoms with Crippen LogP contribution in [0.4, 0.5) is 0 Å². The predicted octanol–water partition coefficient (Wildman–Crippen LogP) is -1.68. The fourth-order valence-electron chi connectivity index (χ4n) is 0.546. The van der Waals surface area contributed by atoms with Crippen molar-refractivity contribution in [3.8, 4) is 0 Å². The van der Waals surface area contributed by atoms with Crippen LogP contribution in [-0.4, -0.2) is 54.9 Å². The molecule has 0 radical (unpaired) electrons. The summed E-state index contributed by atoms with van der Waals surface area (Å²) in [6.07, 6.45) is 0. The summed E-state index contributed by atoms with van der Waals surface area (Å²) in [6, 6.07) is 0. The number of hydrogen-bond donors (Lipinski definition) is 2. The first-order valence-electron chi connectivity index (χ1n) is 3.17. The number of nitrogens with zero attached hydrogens (tertiary/aromatic N) is 1. The number of aliphatic hydroxyl groups excluding tert-OH is 1. The quantitative estimate of drug-likeness (QED) is 0.549. The topological polar surface area (TPSA) is 94.9 Å². The highest BCUT2D eigenvalue weighted by molar-refractivity contribution is 7.89. The second kappa shape index (κ2) is 4.39. The lowest BCUT2D eigenvalue weighted by Crippen LogP contribution is -2.34. The van der Waals surface area contributed by atoms with Crippen molar-refractivity contribution in [2.24, 2.45) is 0 Å². The minimum absolute atomic E-state index is 0.0877. The molecule has 72 valence electrons. The van der Waals surface area contributed by atoms with Crippen molar-refractivity contribution in [1.82, 2.24) is 4.31 Å². The van der Waals surface area contributed by atoms with Gasteiger partial charge in [-0.1, -0.05) is 0 Å². The molecule has 0 rings (SSSR count). The number of rotatable bonds is 5. The van der Waals surface area contributed by atoms with Gasteiger partial charge in [0, 0.05) is 13.6 Å². The van der Waals surface area contributed by atoms with Gasteiger partial charge in [-0.05, 0) is 0 Å². The Balaban J connectivity index is 4.30. The van der Waals surface area contributed by atoms with E-state index in [4.69, 9.17) is 10.2 Å². The minimum atomic E-state index is -3.75. The molecule has 0 aliphatic heterocycles. The number of aliphatic hydroxyl groups is 1. The molecule has 0 saturated heterocycles. The zero-order chi connectivity index (χ0) is 9.78. The molecule has 0 aromatic carbocycles. The van der Waals surface area contributed by atoms with E-state index in [1.807, 2.05) is 0 Å². The summed E-state index contributed by atoms with van der Waals surface area (Å²) in [6.45, 7) is -0.412. The predicted molar refractivity (Wildman–Crippen MR) is 41.1 cm³/mol. The Morgan fingerprint density at radius 2 is 2.00 bits per heavy atom. The zero-order valence-electron chi connectivity index (χ0n) is 6.60. The van der Waals surface area contributed by atoms with Crippen LogP contribution in [0.15, 0.2) is 0 Å². The normalized spacial score (nSPS) is 11.9. The third kappa shape index (κ3) is 3.65. The Morgan fingerprint density at radius 1 is 1.50 bits per heavy atom. The van der Waals surface area contributed by atoms with Crippen LogP contribution < -0.4 is 0 Å². The standard InChI is InChI=1S/C5H11NO5S/c1-6(2-3-7)12(10,11)4-5(8)9/h7H,2-4H2,1H3,(H,8,9). The molecule has 6 nitrogen and oxygen atoms in total. The highest BCUT2D eigenvalue weighted by Gasteiger charge is 2.20. The zero-order valence-corrected chi connectivity index (χ0v) is 7.41. The second-order valence-electron chi connectivity index (χ2n) is 2.20. The molecule has 0 aliphatic carbocycles. The SMILES string of the molecule is CN(CCO)S(=O)(=O)CC(=O)O. The third-order valence-electron chi connectivity index (χ3n) is 1.20. The van der Waals surface area contributed by atoms with Gasteiger partial charge in [-0.15, -0.1) is 0 Å². The molecule has 7 heteroatoms. The van der Waals surface area contributed by atoms with Gasteiger partial charge in [0.1, 0.15) is 0 Å². The summed E-state index contributed by atoms with van der Waals surface area (Å²) < 4.78 is 22.7. The van der Waals surface area contributed by atoms with Crippen molar-refractivity contribution in [1.29, 1.82) is 0 Å². The second-order valence-corrected chi connectivity index (χ2v) is 4.27. The molecule has 0 fully saturated rings. The molecule has 0 bridgehead atoms. The number of sulfonamides is 1. The van der Waals surface area contributed by atoms with Crippen molar-refractivity contribution in [3.05, 3.63) is 0 Å². The fraction of sp³-hybridized carbons (Fsp3) is 0.800. The van der Waals surface area contributed by atoms with Crippen molar-refractivity contribution in [2.45, 2.75) is 0 Å². The number of carboxylic acid groups (broad SMARTS) is 1. The highest BCUT2D eigenvalue weighted by atomic mass is 32.2. The van der Waals surface area contributed by atoms with Crippen molar-refractivity contribution in [2.75, 3.05) is 26.0 Å². The monoisotopic (exact) mass is 197 g/mol. The molecule has 0 unspecified atom stereocenters. The number of likely N-dealkylation sites (N-methyl/N-ethyl adjacent to an activating group) is 1. The van der Waals surface area contributed by atoms with Crippen LogP contribution in [0, 0.1) is 0 Å². The first-order valence-corrected chi connectivity index (χ1v) is 4.77. The van der Waals surface area contributed by atoms with Crippen molar-refractivity contribution < 1.29 is 23.4 Å². The molecule has 0 atom stereocenters. The number of aliphatic carboxylic acids is 1. The lowest BCUT2D eigenvalue weighted by molar-refractivity contribution is -0.134. The van der Waals surface area contributed by atoms with E-state index >= 15 is 0 Å². The molecule has 12 heavy (non-hydrogen) atoms. The Bertz CT molecular complexity index is 247. The van der Waals surface area contributed by atoms with Gasteiger partial charge in [0.25, 0.3) is 0 Å². The first kappa shape index (κ1) is 11.3. The van der Waals surface area contributed by atoms with Crippen LogP contribution in [0.1, 0.15) is 0 Å². The molecule has 0 aliphatic rings. The minimum Gasteiger partial charge on any atom is -0.480 e. The maximum atomic E-state index is 11.0. The van der Waals surface area contributed by atoms with Gasteiger partial charge >= 0.3 is 5.97 Å². The van der Waals surface area contributed by atoms with Gasteiger partial charge in [-0.2, -0.15) is 0 Å². The molecular formula is C5H11NO5S. The van der Waals surface area contributed by atoms with Crippen molar-refractivity contribution in [3.63, 3.8) is 0 Å². The lowest BCUT2D eigenvalue weighted by Gasteiger charge is -2.13. The van der Waals surface area contributed by atoms with Gasteiger partial charge < -0.3 is 10.2 Å². The van der Waals surface area contributed by atoms with E-state index in [0.29, 0.717) is 0 Å². The van der Waals surface area contributed by atoms with Gasteiger partial charge in [0.05, 0.1) is 6.61 Å². The van der Waals surface area contributed by atoms with Crippen LogP contribution >= 0.6 is 0 Å². The average molecular weight is 197 g/mol. The van der Waals surface area contributed by atoms with Crippen LogP contribution in [0.25, 0.3) is 0 Å². The summed E-state index contributed by atoms with van der Waals surface area (Å²) in [5.41, 5.74) is 0. The smallest absolute Gasteiger partial charge is 0.320 e. The van der Waals surface area contributed by atoms with Crippen LogP contribution in [0.5, 0.6) is 0 Å². The Morgan fingerprint density at radius 3 is 2.33 bits per heavy atom. The summed E-state index contributed by atoms with van der Waals surface area (Å²) in [5.74, 6) is -2.34. The molecule has 2 N–H and O–H groups in total. The summed E-state index contributed by atoms with van der Waals surface area (Å²) in [4.78, 5) is 10.1. The molecule has 0 spiro atoms. The van der Waals surface area contributed by atoms with Gasteiger partial charge in [-0.3, -0.25) is 4.79 Å². The summed E-state index contributed by atoms with van der Waals surface area (Å²) >= 11 is 0. The Hall–Kier alpha value is -0.660. The van der Waals surface area contributed by atoms with E-state index in [0.717, 1.165) is 4.31 Å². The maximum absolute atomic E-state index is 11.0. The summed E-state index contributed by atoms with van der Waals surface area (Å²) in [5, 5.41) is 16.6. The fourth-order valence-corrected chi connectivity index (χ4v) is 1.44. The van der Waals surface area contributed by atoms with E-state index in [9.17, 15) is 13.2 Å². The highest BCUT2D eigenvalue weighted by Crippen LogP contribution is 1.96. The Kier molecular flexibility index (Phi) is 4.15. The maximum Gasteiger partial charge on any atom is 0.320 e.